The van der Waals surface area contributed by atoms with E-state index in [1.54, 1.807) is 6.08 Å². The number of rotatable bonds is 7. The summed E-state index contributed by atoms with van der Waals surface area (Å²) >= 11 is 0. The van der Waals surface area contributed by atoms with Gasteiger partial charge >= 0.3 is 5.97 Å². The first-order valence-corrected chi connectivity index (χ1v) is 24.7. The Morgan fingerprint density at radius 3 is 2.32 bits per heavy atom. The van der Waals surface area contributed by atoms with Crippen molar-refractivity contribution in [3.05, 3.63) is 59.2 Å². The lowest BCUT2D eigenvalue weighted by Crippen LogP contribution is -2.86. The van der Waals surface area contributed by atoms with Gasteiger partial charge in [-0.2, -0.15) is 0 Å². The Kier molecular flexibility index (Phi) is 9.89. The quantitative estimate of drug-likeness (QED) is 0.108. The molecule has 18 unspecified atom stereocenters. The van der Waals surface area contributed by atoms with Crippen LogP contribution in [0.3, 0.4) is 0 Å². The summed E-state index contributed by atoms with van der Waals surface area (Å²) in [5, 5.41) is 82.2. The summed E-state index contributed by atoms with van der Waals surface area (Å²) in [6.45, 7) is 1.95. The summed E-state index contributed by atoms with van der Waals surface area (Å²) in [5.74, 6) is -2.56. The number of hydrogen-bond donors (Lipinski definition) is 7. The highest BCUT2D eigenvalue weighted by Crippen LogP contribution is 2.78. The van der Waals surface area contributed by atoms with Gasteiger partial charge in [0.2, 0.25) is 0 Å². The van der Waals surface area contributed by atoms with E-state index in [4.69, 9.17) is 4.74 Å². The highest BCUT2D eigenvalue weighted by atomic mass is 16.5. The van der Waals surface area contributed by atoms with Crippen LogP contribution in [0.15, 0.2) is 48.1 Å². The van der Waals surface area contributed by atoms with Crippen molar-refractivity contribution >= 4 is 12.3 Å². The molecule has 1 aliphatic heterocycles. The van der Waals surface area contributed by atoms with Gasteiger partial charge in [0, 0.05) is 41.2 Å². The molecule has 0 radical (unpaired) electrons. The van der Waals surface area contributed by atoms with Crippen LogP contribution in [-0.2, 0) is 27.4 Å². The molecule has 1 aromatic carbocycles. The minimum Gasteiger partial charge on any atom is -0.454 e. The third kappa shape index (κ3) is 5.23. The summed E-state index contributed by atoms with van der Waals surface area (Å²) in [6, 6.07) is 7.70. The molecule has 1 aromatic rings. The van der Waals surface area contributed by atoms with Gasteiger partial charge < -0.3 is 45.5 Å². The van der Waals surface area contributed by atoms with Gasteiger partial charge in [-0.15, -0.1) is 0 Å². The van der Waals surface area contributed by atoms with Crippen molar-refractivity contribution in [2.45, 2.75) is 164 Å². The normalized spacial score (nSPS) is 50.3. The molecule has 10 heteroatoms. The second-order valence-electron chi connectivity index (χ2n) is 23.1. The predicted octanol–water partition coefficient (Wildman–Crippen LogP) is 5.34. The molecule has 8 fully saturated rings. The van der Waals surface area contributed by atoms with Crippen molar-refractivity contribution < 1.29 is 45.0 Å². The molecule has 1 heterocycles. The average molecular weight is 854 g/mol. The number of fused-ring (bicyclic) bond motifs is 9. The van der Waals surface area contributed by atoms with E-state index in [1.165, 1.54) is 12.8 Å². The lowest BCUT2D eigenvalue weighted by atomic mass is 9.33. The number of carbonyl (C=O) groups excluding carboxylic acids is 2. The summed E-state index contributed by atoms with van der Waals surface area (Å²) in [4.78, 5) is 28.1. The molecular formula is C52H71NO9. The summed E-state index contributed by atoms with van der Waals surface area (Å²) < 4.78 is 6.20. The SMILES string of the molecule is CNC(Cc1ccccc1CO)C1CC2CC3(O)C(C)(CCC4C5(C=O)CC6(CCCC6)C(O)C6CC7C=CCC(C8CCCC8)C7CC(C(O)C43O)C65O)C2C2=CC(=O)OC21. The number of allylic oxidation sites excluding steroid dienone is 2. The molecule has 10 nitrogen and oxygen atoms in total. The standard InChI is InChI=1S/C52H71NO9/c1-47-19-16-41-49(28-55)27-48(17-7-8-18-48)45(57)38-21-31-14-9-15-34(29-10-3-4-11-29)35(31)23-39(51(38,49)60)46(58)52(41,61)50(47,59)25-33-20-36(44-37(43(33)47)24-42(56)62-44)40(53-2)22-30-12-5-6-13-32(30)26-54/h5-6,9,12-14,24,28-29,31,33-36,38-41,43-46,53-54,57-61H,3-4,7-8,10-11,15-23,25-27H2,1-2H3. The molecule has 62 heavy (non-hydrogen) atoms. The monoisotopic (exact) mass is 854 g/mol. The maximum absolute atomic E-state index is 14.6. The Labute approximate surface area is 367 Å². The number of carbonyl (C=O) groups is 2. The van der Waals surface area contributed by atoms with E-state index in [-0.39, 0.29) is 55.1 Å². The Morgan fingerprint density at radius 1 is 0.887 bits per heavy atom. The van der Waals surface area contributed by atoms with Gasteiger partial charge in [0.25, 0.3) is 0 Å². The van der Waals surface area contributed by atoms with Crippen molar-refractivity contribution in [3.8, 4) is 0 Å². The van der Waals surface area contributed by atoms with Gasteiger partial charge in [-0.25, -0.2) is 4.79 Å². The van der Waals surface area contributed by atoms with Gasteiger partial charge in [-0.1, -0.05) is 81.9 Å². The van der Waals surface area contributed by atoms with E-state index >= 15 is 0 Å². The molecule has 1 spiro atoms. The van der Waals surface area contributed by atoms with Crippen molar-refractivity contribution in [2.75, 3.05) is 7.05 Å². The fourth-order valence-electron chi connectivity index (χ4n) is 18.9. The third-order valence-corrected chi connectivity index (χ3v) is 21.3. The van der Waals surface area contributed by atoms with Crippen LogP contribution in [0, 0.1) is 75.4 Å². The number of nitrogens with one attached hydrogen (secondary N) is 1. The van der Waals surface area contributed by atoms with Crippen LogP contribution in [0.1, 0.15) is 121 Å². The predicted molar refractivity (Wildman–Crippen MR) is 231 cm³/mol. The molecular weight excluding hydrogens is 783 g/mol. The maximum Gasteiger partial charge on any atom is 0.331 e. The molecule has 9 aliphatic carbocycles. The number of benzene rings is 1. The van der Waals surface area contributed by atoms with Crippen LogP contribution in [0.4, 0.5) is 0 Å². The Balaban J connectivity index is 1.04. The number of ether oxygens (including phenoxy) is 1. The second kappa shape index (κ2) is 14.5. The van der Waals surface area contributed by atoms with Crippen LogP contribution >= 0.6 is 0 Å². The van der Waals surface area contributed by atoms with E-state index in [9.17, 15) is 40.2 Å². The topological polar surface area (TPSA) is 177 Å². The molecule has 8 saturated carbocycles. The minimum absolute atomic E-state index is 0.0706. The molecule has 7 N–H and O–H groups in total. The highest BCUT2D eigenvalue weighted by molar-refractivity contribution is 5.86. The fraction of sp³-hybridized carbons (Fsp3) is 0.769. The first-order chi connectivity index (χ1) is 29.7. The van der Waals surface area contributed by atoms with E-state index in [2.05, 4.69) is 17.5 Å². The molecule has 0 amide bonds. The van der Waals surface area contributed by atoms with Crippen molar-refractivity contribution in [3.63, 3.8) is 0 Å². The van der Waals surface area contributed by atoms with Gasteiger partial charge in [-0.05, 0) is 135 Å². The zero-order valence-corrected chi connectivity index (χ0v) is 36.8. The molecule has 18 atom stereocenters. The Bertz CT molecular complexity index is 2020. The number of esters is 1. The van der Waals surface area contributed by atoms with Gasteiger partial charge in [-0.3, -0.25) is 0 Å². The molecule has 11 rings (SSSR count). The van der Waals surface area contributed by atoms with Gasteiger partial charge in [0.05, 0.1) is 29.8 Å². The molecule has 0 aromatic heterocycles. The Hall–Kier alpha value is -2.44. The average Bonchev–Trinajstić information content (AvgIpc) is 4.08. The maximum atomic E-state index is 14.6. The number of likely N-dealkylation sites (N-methyl/N-ethyl adjacent to an activating group) is 1. The minimum atomic E-state index is -2.16. The second-order valence-corrected chi connectivity index (χ2v) is 23.1. The van der Waals surface area contributed by atoms with E-state index < -0.39 is 75.1 Å². The zero-order chi connectivity index (χ0) is 43.2. The van der Waals surface area contributed by atoms with Gasteiger partial charge in [0.15, 0.2) is 0 Å². The van der Waals surface area contributed by atoms with E-state index in [0.717, 1.165) is 67.9 Å². The molecule has 0 bridgehead atoms. The van der Waals surface area contributed by atoms with E-state index in [0.29, 0.717) is 50.4 Å². The number of aliphatic hydroxyl groups excluding tert-OH is 3. The first kappa shape index (κ1) is 42.2. The van der Waals surface area contributed by atoms with Crippen molar-refractivity contribution in [1.82, 2.24) is 5.32 Å². The summed E-state index contributed by atoms with van der Waals surface area (Å²) in [6.07, 6.45) is 16.6. The smallest absolute Gasteiger partial charge is 0.331 e. The van der Waals surface area contributed by atoms with Crippen LogP contribution in [-0.4, -0.2) is 91.1 Å². The van der Waals surface area contributed by atoms with Crippen LogP contribution in [0.25, 0.3) is 0 Å². The summed E-state index contributed by atoms with van der Waals surface area (Å²) in [5.41, 5.74) is -6.22. The number of aliphatic hydroxyl groups is 6. The fourth-order valence-corrected chi connectivity index (χ4v) is 18.9. The zero-order valence-electron chi connectivity index (χ0n) is 36.8. The lowest BCUT2D eigenvalue weighted by molar-refractivity contribution is -0.382. The van der Waals surface area contributed by atoms with E-state index in [1.807, 2.05) is 38.2 Å². The summed E-state index contributed by atoms with van der Waals surface area (Å²) in [7, 11) is 1.91. The Morgan fingerprint density at radius 2 is 1.61 bits per heavy atom. The molecule has 10 aliphatic rings. The largest absolute Gasteiger partial charge is 0.454 e. The number of hydrogen-bond acceptors (Lipinski definition) is 10. The molecule has 0 saturated heterocycles. The lowest BCUT2D eigenvalue weighted by Gasteiger charge is -2.74. The third-order valence-electron chi connectivity index (χ3n) is 21.3. The van der Waals surface area contributed by atoms with Crippen LogP contribution in [0.2, 0.25) is 0 Å². The molecule has 338 valence electrons. The van der Waals surface area contributed by atoms with Crippen molar-refractivity contribution in [1.29, 1.82) is 0 Å². The van der Waals surface area contributed by atoms with Crippen LogP contribution in [0.5, 0.6) is 0 Å². The van der Waals surface area contributed by atoms with Gasteiger partial charge in [0.1, 0.15) is 23.6 Å². The van der Waals surface area contributed by atoms with Crippen LogP contribution < -0.4 is 5.32 Å². The highest BCUT2D eigenvalue weighted by Gasteiger charge is 2.86. The number of aldehydes is 1. The first-order valence-electron chi connectivity index (χ1n) is 24.7. The van der Waals surface area contributed by atoms with Crippen molar-refractivity contribution in [2.24, 2.45) is 75.4 Å².